The molecule has 3 heteroatoms. The van der Waals surface area contributed by atoms with Gasteiger partial charge in [0.15, 0.2) is 0 Å². The predicted octanol–water partition coefficient (Wildman–Crippen LogP) is 4.09. The molecule has 88 valence electrons. The molecular formula is C13H17BrClN. The van der Waals surface area contributed by atoms with Crippen LogP contribution in [0.15, 0.2) is 28.7 Å². The van der Waals surface area contributed by atoms with Gasteiger partial charge >= 0.3 is 0 Å². The zero-order chi connectivity index (χ0) is 11.4. The van der Waals surface area contributed by atoms with E-state index in [0.29, 0.717) is 0 Å². The van der Waals surface area contributed by atoms with E-state index in [9.17, 15) is 0 Å². The lowest BCUT2D eigenvalue weighted by molar-refractivity contribution is 0.367. The lowest BCUT2D eigenvalue weighted by Gasteiger charge is -2.28. The van der Waals surface area contributed by atoms with Gasteiger partial charge in [0.2, 0.25) is 0 Å². The molecule has 0 aromatic heterocycles. The van der Waals surface area contributed by atoms with Crippen LogP contribution in [0.2, 0.25) is 0 Å². The molecule has 0 aliphatic heterocycles. The third-order valence-corrected chi connectivity index (χ3v) is 4.71. The Labute approximate surface area is 111 Å². The summed E-state index contributed by atoms with van der Waals surface area (Å²) in [5.74, 6) is 0.720. The van der Waals surface area contributed by atoms with Crippen molar-refractivity contribution in [1.82, 2.24) is 5.32 Å². The highest BCUT2D eigenvalue weighted by Gasteiger charge is 2.32. The highest BCUT2D eigenvalue weighted by atomic mass is 79.9. The van der Waals surface area contributed by atoms with Crippen molar-refractivity contribution < 1.29 is 0 Å². The molecule has 1 aromatic rings. The first-order valence-corrected chi connectivity index (χ1v) is 7.13. The number of halogens is 2. The van der Waals surface area contributed by atoms with E-state index in [1.165, 1.54) is 35.7 Å². The molecule has 1 fully saturated rings. The minimum Gasteiger partial charge on any atom is -0.306 e. The number of benzene rings is 1. The van der Waals surface area contributed by atoms with Crippen LogP contribution >= 0.6 is 27.5 Å². The Balaban J connectivity index is 1.98. The van der Waals surface area contributed by atoms with E-state index in [1.54, 1.807) is 0 Å². The zero-order valence-electron chi connectivity index (χ0n) is 9.31. The fourth-order valence-corrected chi connectivity index (χ4v) is 3.12. The topological polar surface area (TPSA) is 12.0 Å². The quantitative estimate of drug-likeness (QED) is 0.826. The Morgan fingerprint density at radius 3 is 2.56 bits per heavy atom. The van der Waals surface area contributed by atoms with Crippen LogP contribution in [0.5, 0.6) is 0 Å². The molecule has 1 nitrogen and oxygen atoms in total. The Kier molecular flexibility index (Phi) is 4.28. The van der Waals surface area contributed by atoms with Crippen molar-refractivity contribution in [1.29, 1.82) is 0 Å². The monoisotopic (exact) mass is 301 g/mol. The molecule has 0 saturated heterocycles. The number of hydrogen-bond acceptors (Lipinski definition) is 1. The van der Waals surface area contributed by atoms with Gasteiger partial charge in [-0.15, -0.1) is 11.6 Å². The number of hydrogen-bond donors (Lipinski definition) is 1. The maximum atomic E-state index is 6.10. The number of nitrogens with one attached hydrogen (secondary N) is 1. The molecule has 1 N–H and O–H groups in total. The highest BCUT2D eigenvalue weighted by molar-refractivity contribution is 9.10. The van der Waals surface area contributed by atoms with Crippen molar-refractivity contribution in [3.05, 3.63) is 34.3 Å². The zero-order valence-corrected chi connectivity index (χ0v) is 11.6. The van der Waals surface area contributed by atoms with Crippen LogP contribution in [0.1, 0.15) is 31.2 Å². The Morgan fingerprint density at radius 1 is 1.25 bits per heavy atom. The molecule has 0 spiro atoms. The summed E-state index contributed by atoms with van der Waals surface area (Å²) in [7, 11) is 0. The molecule has 1 aromatic carbocycles. The van der Waals surface area contributed by atoms with Gasteiger partial charge in [-0.1, -0.05) is 47.0 Å². The van der Waals surface area contributed by atoms with Gasteiger partial charge in [0.05, 0.1) is 0 Å². The maximum Gasteiger partial charge on any atom is 0.0406 e. The molecule has 0 amide bonds. The van der Waals surface area contributed by atoms with Crippen molar-refractivity contribution in [2.45, 2.75) is 37.8 Å². The fraction of sp³-hybridized carbons (Fsp3) is 0.538. The minimum atomic E-state index is 0.177. The van der Waals surface area contributed by atoms with Crippen LogP contribution in [0.25, 0.3) is 0 Å². The lowest BCUT2D eigenvalue weighted by atomic mass is 10.00. The first kappa shape index (κ1) is 12.4. The van der Waals surface area contributed by atoms with Crippen LogP contribution in [0, 0.1) is 0 Å². The van der Waals surface area contributed by atoms with Crippen LogP contribution in [0.4, 0.5) is 0 Å². The minimum absolute atomic E-state index is 0.177. The third kappa shape index (κ3) is 2.79. The van der Waals surface area contributed by atoms with E-state index in [0.717, 1.165) is 12.4 Å². The maximum absolute atomic E-state index is 6.10. The van der Waals surface area contributed by atoms with Crippen LogP contribution in [-0.2, 0) is 6.54 Å². The average Bonchev–Trinajstić information content (AvgIpc) is 2.78. The fourth-order valence-electron chi connectivity index (χ4n) is 2.33. The van der Waals surface area contributed by atoms with Crippen molar-refractivity contribution in [3.63, 3.8) is 0 Å². The molecule has 0 unspecified atom stereocenters. The van der Waals surface area contributed by atoms with Crippen LogP contribution in [-0.4, -0.2) is 11.4 Å². The second-order valence-corrected chi connectivity index (χ2v) is 5.69. The van der Waals surface area contributed by atoms with Gasteiger partial charge in [-0.25, -0.2) is 0 Å². The molecule has 1 aliphatic rings. The van der Waals surface area contributed by atoms with E-state index in [4.69, 9.17) is 11.6 Å². The van der Waals surface area contributed by atoms with Crippen molar-refractivity contribution in [2.75, 3.05) is 5.88 Å². The van der Waals surface area contributed by atoms with Crippen LogP contribution in [0.3, 0.4) is 0 Å². The summed E-state index contributed by atoms with van der Waals surface area (Å²) >= 11 is 9.67. The van der Waals surface area contributed by atoms with E-state index < -0.39 is 0 Å². The van der Waals surface area contributed by atoms with Crippen molar-refractivity contribution >= 4 is 27.5 Å². The van der Waals surface area contributed by atoms with Crippen LogP contribution < -0.4 is 5.32 Å². The molecule has 0 radical (unpaired) electrons. The molecule has 1 saturated carbocycles. The van der Waals surface area contributed by atoms with Gasteiger partial charge in [-0.2, -0.15) is 0 Å². The second-order valence-electron chi connectivity index (χ2n) is 4.57. The van der Waals surface area contributed by atoms with E-state index in [-0.39, 0.29) is 5.54 Å². The largest absolute Gasteiger partial charge is 0.306 e. The summed E-state index contributed by atoms with van der Waals surface area (Å²) in [6, 6.07) is 8.34. The van der Waals surface area contributed by atoms with E-state index in [2.05, 4.69) is 39.4 Å². The Bertz CT molecular complexity index is 348. The molecule has 2 rings (SSSR count). The summed E-state index contributed by atoms with van der Waals surface area (Å²) in [5.41, 5.74) is 1.48. The van der Waals surface area contributed by atoms with Gasteiger partial charge in [0.25, 0.3) is 0 Å². The third-order valence-electron chi connectivity index (χ3n) is 3.43. The second kappa shape index (κ2) is 5.52. The lowest BCUT2D eigenvalue weighted by Crippen LogP contribution is -2.43. The van der Waals surface area contributed by atoms with Gasteiger partial charge in [0, 0.05) is 22.4 Å². The van der Waals surface area contributed by atoms with Gasteiger partial charge in [-0.3, -0.25) is 0 Å². The normalized spacial score (nSPS) is 18.9. The predicted molar refractivity (Wildman–Crippen MR) is 72.9 cm³/mol. The highest BCUT2D eigenvalue weighted by Crippen LogP contribution is 2.31. The molecule has 0 atom stereocenters. The summed E-state index contributed by atoms with van der Waals surface area (Å²) in [6.45, 7) is 0.897. The Hall–Kier alpha value is -0.0500. The first-order chi connectivity index (χ1) is 7.76. The molecular weight excluding hydrogens is 286 g/mol. The van der Waals surface area contributed by atoms with Gasteiger partial charge in [0.1, 0.15) is 0 Å². The average molecular weight is 303 g/mol. The molecule has 0 bridgehead atoms. The standard InChI is InChI=1S/C13H17BrClN/c14-12-6-2-1-5-11(12)9-16-13(10-15)7-3-4-8-13/h1-2,5-6,16H,3-4,7-10H2. The summed E-state index contributed by atoms with van der Waals surface area (Å²) < 4.78 is 1.17. The number of alkyl halides is 1. The summed E-state index contributed by atoms with van der Waals surface area (Å²) in [4.78, 5) is 0. The first-order valence-electron chi connectivity index (χ1n) is 5.80. The molecule has 16 heavy (non-hydrogen) atoms. The van der Waals surface area contributed by atoms with Gasteiger partial charge in [-0.05, 0) is 24.5 Å². The molecule has 0 heterocycles. The SMILES string of the molecule is ClCC1(NCc2ccccc2Br)CCCC1. The summed E-state index contributed by atoms with van der Waals surface area (Å²) in [5, 5.41) is 3.64. The Morgan fingerprint density at radius 2 is 1.94 bits per heavy atom. The van der Waals surface area contributed by atoms with Crippen molar-refractivity contribution in [2.24, 2.45) is 0 Å². The van der Waals surface area contributed by atoms with E-state index in [1.807, 2.05) is 6.07 Å². The number of rotatable bonds is 4. The van der Waals surface area contributed by atoms with Crippen molar-refractivity contribution in [3.8, 4) is 0 Å². The molecule has 1 aliphatic carbocycles. The van der Waals surface area contributed by atoms with Gasteiger partial charge < -0.3 is 5.32 Å². The smallest absolute Gasteiger partial charge is 0.0406 e. The summed E-state index contributed by atoms with van der Waals surface area (Å²) in [6.07, 6.45) is 5.02. The van der Waals surface area contributed by atoms with E-state index >= 15 is 0 Å².